The largest absolute Gasteiger partial charge is 0.478 e. The van der Waals surface area contributed by atoms with Crippen LogP contribution in [0.5, 0.6) is 5.88 Å². The van der Waals surface area contributed by atoms with Crippen molar-refractivity contribution >= 4 is 11.7 Å². The second-order valence-electron chi connectivity index (χ2n) is 6.20. The highest BCUT2D eigenvalue weighted by Gasteiger charge is 2.33. The number of nitrogens with zero attached hydrogens (tertiary/aromatic N) is 3. The number of amides is 1. The van der Waals surface area contributed by atoms with Crippen molar-refractivity contribution in [3.05, 3.63) is 12.4 Å². The van der Waals surface area contributed by atoms with E-state index in [0.29, 0.717) is 12.5 Å². The van der Waals surface area contributed by atoms with Crippen LogP contribution in [-0.2, 0) is 4.79 Å². The van der Waals surface area contributed by atoms with E-state index >= 15 is 0 Å². The summed E-state index contributed by atoms with van der Waals surface area (Å²) in [6.45, 7) is 4.02. The van der Waals surface area contributed by atoms with E-state index < -0.39 is 6.10 Å². The minimum Gasteiger partial charge on any atom is -0.478 e. The van der Waals surface area contributed by atoms with Crippen molar-refractivity contribution in [1.82, 2.24) is 15.3 Å². The van der Waals surface area contributed by atoms with Crippen LogP contribution in [0.1, 0.15) is 32.6 Å². The van der Waals surface area contributed by atoms with Crippen LogP contribution < -0.4 is 15.0 Å². The quantitative estimate of drug-likeness (QED) is 0.803. The minimum atomic E-state index is -0.901. The van der Waals surface area contributed by atoms with Gasteiger partial charge < -0.3 is 20.1 Å². The molecule has 3 rings (SSSR count). The summed E-state index contributed by atoms with van der Waals surface area (Å²) in [5, 5.41) is 13.1. The number of nitrogens with one attached hydrogen (secondary N) is 1. The fourth-order valence-corrected chi connectivity index (χ4v) is 2.90. The molecule has 0 bridgehead atoms. The lowest BCUT2D eigenvalue weighted by atomic mass is 9.90. The van der Waals surface area contributed by atoms with Crippen LogP contribution in [0.3, 0.4) is 0 Å². The van der Waals surface area contributed by atoms with Crippen LogP contribution in [0.15, 0.2) is 12.4 Å². The number of anilines is 1. The van der Waals surface area contributed by atoms with Gasteiger partial charge in [0.05, 0.1) is 6.61 Å². The number of aliphatic hydroxyl groups is 1. The molecule has 1 aliphatic heterocycles. The number of aliphatic hydroxyl groups excluding tert-OH is 1. The summed E-state index contributed by atoms with van der Waals surface area (Å²) in [5.41, 5.74) is 0. The molecule has 1 saturated heterocycles. The fraction of sp³-hybridized carbons (Fsp3) is 0.688. The molecule has 0 radical (unpaired) electrons. The molecule has 1 aromatic rings. The molecule has 0 unspecified atom stereocenters. The van der Waals surface area contributed by atoms with Gasteiger partial charge in [0.1, 0.15) is 18.2 Å². The van der Waals surface area contributed by atoms with Gasteiger partial charge in [-0.25, -0.2) is 9.97 Å². The Morgan fingerprint density at radius 1 is 1.39 bits per heavy atom. The smallest absolute Gasteiger partial charge is 0.249 e. The summed E-state index contributed by atoms with van der Waals surface area (Å²) in [6.07, 6.45) is 4.21. The van der Waals surface area contributed by atoms with Crippen molar-refractivity contribution in [2.75, 3.05) is 24.6 Å². The fourth-order valence-electron chi connectivity index (χ4n) is 2.90. The SMILES string of the molecule is CCOc1cc(N2CCC([C@@H](O)C(=O)NC3CC3)CC2)ncn1. The molecule has 2 heterocycles. The highest BCUT2D eigenvalue weighted by atomic mass is 16.5. The van der Waals surface area contributed by atoms with Gasteiger partial charge in [0.15, 0.2) is 0 Å². The molecule has 23 heavy (non-hydrogen) atoms. The van der Waals surface area contributed by atoms with E-state index in [2.05, 4.69) is 20.2 Å². The second-order valence-corrected chi connectivity index (χ2v) is 6.20. The summed E-state index contributed by atoms with van der Waals surface area (Å²) in [7, 11) is 0. The summed E-state index contributed by atoms with van der Waals surface area (Å²) >= 11 is 0. The Morgan fingerprint density at radius 3 is 2.78 bits per heavy atom. The van der Waals surface area contributed by atoms with E-state index in [1.165, 1.54) is 6.33 Å². The highest BCUT2D eigenvalue weighted by Crippen LogP contribution is 2.26. The molecule has 1 aliphatic carbocycles. The Hall–Kier alpha value is -1.89. The molecule has 0 spiro atoms. The predicted molar refractivity (Wildman–Crippen MR) is 85.3 cm³/mol. The standard InChI is InChI=1S/C16H24N4O3/c1-2-23-14-9-13(17-10-18-14)20-7-5-11(6-8-20)15(21)16(22)19-12-3-4-12/h9-12,15,21H,2-8H2,1H3,(H,19,22)/t15-/m1/s1. The summed E-state index contributed by atoms with van der Waals surface area (Å²) in [4.78, 5) is 22.5. The highest BCUT2D eigenvalue weighted by molar-refractivity contribution is 5.81. The van der Waals surface area contributed by atoms with Gasteiger partial charge in [-0.15, -0.1) is 0 Å². The average Bonchev–Trinajstić information content (AvgIpc) is 3.39. The maximum atomic E-state index is 11.9. The lowest BCUT2D eigenvalue weighted by Crippen LogP contribution is -2.45. The molecule has 1 atom stereocenters. The van der Waals surface area contributed by atoms with Crippen molar-refractivity contribution < 1.29 is 14.6 Å². The van der Waals surface area contributed by atoms with E-state index in [-0.39, 0.29) is 17.9 Å². The molecule has 1 aromatic heterocycles. The molecule has 7 nitrogen and oxygen atoms in total. The van der Waals surface area contributed by atoms with Gasteiger partial charge >= 0.3 is 0 Å². The molecule has 7 heteroatoms. The monoisotopic (exact) mass is 320 g/mol. The van der Waals surface area contributed by atoms with Crippen molar-refractivity contribution in [3.63, 3.8) is 0 Å². The molecular weight excluding hydrogens is 296 g/mol. The van der Waals surface area contributed by atoms with Crippen LogP contribution in [0.25, 0.3) is 0 Å². The zero-order valence-electron chi connectivity index (χ0n) is 13.4. The zero-order valence-corrected chi connectivity index (χ0v) is 13.4. The van der Waals surface area contributed by atoms with E-state index in [4.69, 9.17) is 4.74 Å². The molecule has 1 saturated carbocycles. The lowest BCUT2D eigenvalue weighted by molar-refractivity contribution is -0.132. The maximum absolute atomic E-state index is 11.9. The number of piperidine rings is 1. The minimum absolute atomic E-state index is 0.0122. The van der Waals surface area contributed by atoms with E-state index in [1.54, 1.807) is 0 Å². The third-order valence-electron chi connectivity index (χ3n) is 4.42. The Labute approximate surface area is 136 Å². The van der Waals surface area contributed by atoms with Gasteiger partial charge in [-0.05, 0) is 38.5 Å². The van der Waals surface area contributed by atoms with Gasteiger partial charge in [-0.3, -0.25) is 4.79 Å². The van der Waals surface area contributed by atoms with Crippen LogP contribution in [-0.4, -0.2) is 52.8 Å². The summed E-state index contributed by atoms with van der Waals surface area (Å²) < 4.78 is 5.40. The van der Waals surface area contributed by atoms with E-state index in [9.17, 15) is 9.90 Å². The van der Waals surface area contributed by atoms with Gasteiger partial charge in [0.2, 0.25) is 11.8 Å². The number of hydrogen-bond acceptors (Lipinski definition) is 6. The topological polar surface area (TPSA) is 87.6 Å². The van der Waals surface area contributed by atoms with Crippen molar-refractivity contribution in [2.24, 2.45) is 5.92 Å². The van der Waals surface area contributed by atoms with Gasteiger partial charge in [-0.2, -0.15) is 0 Å². The molecule has 2 aliphatic rings. The third kappa shape index (κ3) is 4.10. The molecule has 126 valence electrons. The number of hydrogen-bond donors (Lipinski definition) is 2. The Balaban J connectivity index is 1.53. The number of ether oxygens (including phenoxy) is 1. The molecular formula is C16H24N4O3. The molecule has 2 fully saturated rings. The Morgan fingerprint density at radius 2 is 2.13 bits per heavy atom. The van der Waals surface area contributed by atoms with Crippen LogP contribution in [0.4, 0.5) is 5.82 Å². The first-order valence-electron chi connectivity index (χ1n) is 8.35. The first-order valence-corrected chi connectivity index (χ1v) is 8.35. The summed E-state index contributed by atoms with van der Waals surface area (Å²) in [6, 6.07) is 2.12. The Bertz CT molecular complexity index is 542. The Kier molecular flexibility index (Phi) is 4.95. The maximum Gasteiger partial charge on any atom is 0.249 e. The first kappa shape index (κ1) is 16.0. The molecule has 1 amide bonds. The van der Waals surface area contributed by atoms with Crippen LogP contribution >= 0.6 is 0 Å². The van der Waals surface area contributed by atoms with E-state index in [1.807, 2.05) is 13.0 Å². The average molecular weight is 320 g/mol. The number of carbonyl (C=O) groups is 1. The van der Waals surface area contributed by atoms with Crippen molar-refractivity contribution in [3.8, 4) is 5.88 Å². The third-order valence-corrected chi connectivity index (χ3v) is 4.42. The number of rotatable bonds is 6. The van der Waals surface area contributed by atoms with Gasteiger partial charge in [0.25, 0.3) is 0 Å². The predicted octanol–water partition coefficient (Wildman–Crippen LogP) is 0.731. The van der Waals surface area contributed by atoms with Gasteiger partial charge in [-0.1, -0.05) is 0 Å². The lowest BCUT2D eigenvalue weighted by Gasteiger charge is -2.34. The summed E-state index contributed by atoms with van der Waals surface area (Å²) in [5.74, 6) is 1.20. The zero-order chi connectivity index (χ0) is 16.2. The first-order chi connectivity index (χ1) is 11.2. The normalized spacial score (nSPS) is 20.2. The number of carbonyl (C=O) groups excluding carboxylic acids is 1. The van der Waals surface area contributed by atoms with Crippen molar-refractivity contribution in [1.29, 1.82) is 0 Å². The van der Waals surface area contributed by atoms with Crippen molar-refractivity contribution in [2.45, 2.75) is 44.8 Å². The second kappa shape index (κ2) is 7.12. The van der Waals surface area contributed by atoms with Gasteiger partial charge in [0, 0.05) is 25.2 Å². The number of aromatic nitrogens is 2. The van der Waals surface area contributed by atoms with Crippen LogP contribution in [0, 0.1) is 5.92 Å². The molecule has 0 aromatic carbocycles. The van der Waals surface area contributed by atoms with Crippen LogP contribution in [0.2, 0.25) is 0 Å². The van der Waals surface area contributed by atoms with E-state index in [0.717, 1.165) is 44.6 Å². The molecule has 2 N–H and O–H groups in total.